The Kier molecular flexibility index (Phi) is 4.19. The van der Waals surface area contributed by atoms with Gasteiger partial charge in [-0.3, -0.25) is 4.90 Å². The molecule has 0 spiro atoms. The van der Waals surface area contributed by atoms with Gasteiger partial charge in [0.1, 0.15) is 11.7 Å². The van der Waals surface area contributed by atoms with Gasteiger partial charge < -0.3 is 15.5 Å². The summed E-state index contributed by atoms with van der Waals surface area (Å²) in [6, 6.07) is 0.681. The van der Waals surface area contributed by atoms with Gasteiger partial charge in [-0.25, -0.2) is 4.98 Å². The molecular weight excluding hydrogens is 230 g/mol. The highest BCUT2D eigenvalue weighted by molar-refractivity contribution is 5.79. The molecule has 6 heteroatoms. The van der Waals surface area contributed by atoms with Crippen molar-refractivity contribution in [3.8, 4) is 0 Å². The number of hydrogen-bond donors (Lipinski definition) is 2. The van der Waals surface area contributed by atoms with E-state index >= 15 is 0 Å². The average Bonchev–Trinajstić information content (AvgIpc) is 3.13. The van der Waals surface area contributed by atoms with Crippen LogP contribution < -0.4 is 5.73 Å². The molecule has 2 rings (SSSR count). The zero-order valence-corrected chi connectivity index (χ0v) is 10.8. The maximum atomic E-state index is 8.55. The Morgan fingerprint density at radius 1 is 1.61 bits per heavy atom. The van der Waals surface area contributed by atoms with Crippen LogP contribution in [0.25, 0.3) is 0 Å². The van der Waals surface area contributed by atoms with E-state index in [1.807, 2.05) is 19.3 Å². The summed E-state index contributed by atoms with van der Waals surface area (Å²) in [6.45, 7) is 4.80. The van der Waals surface area contributed by atoms with Crippen LogP contribution >= 0.6 is 0 Å². The van der Waals surface area contributed by atoms with Gasteiger partial charge in [0.05, 0.1) is 0 Å². The molecule has 100 valence electrons. The van der Waals surface area contributed by atoms with E-state index in [2.05, 4.69) is 19.6 Å². The number of rotatable bonds is 7. The molecule has 1 aliphatic rings. The van der Waals surface area contributed by atoms with Crippen molar-refractivity contribution in [2.24, 2.45) is 10.9 Å². The predicted octanol–water partition coefficient (Wildman–Crippen LogP) is 0.792. The maximum Gasteiger partial charge on any atom is 0.140 e. The fraction of sp³-hybridized carbons (Fsp3) is 0.667. The van der Waals surface area contributed by atoms with Gasteiger partial charge in [0.2, 0.25) is 0 Å². The number of aromatic nitrogens is 2. The SMILES string of the molecule is Cc1nccn1CCN(CC/C(N)=N/O)C1CC1. The van der Waals surface area contributed by atoms with Crippen LogP contribution in [0.2, 0.25) is 0 Å². The normalized spacial score (nSPS) is 16.4. The van der Waals surface area contributed by atoms with Crippen molar-refractivity contribution >= 4 is 5.84 Å². The lowest BCUT2D eigenvalue weighted by Crippen LogP contribution is -2.33. The number of hydrogen-bond acceptors (Lipinski definition) is 4. The van der Waals surface area contributed by atoms with Crippen LogP contribution in [0.4, 0.5) is 0 Å². The zero-order valence-electron chi connectivity index (χ0n) is 10.8. The molecule has 0 unspecified atom stereocenters. The maximum absolute atomic E-state index is 8.55. The van der Waals surface area contributed by atoms with Gasteiger partial charge in [0, 0.05) is 44.5 Å². The van der Waals surface area contributed by atoms with E-state index in [4.69, 9.17) is 10.9 Å². The van der Waals surface area contributed by atoms with Crippen LogP contribution in [-0.2, 0) is 6.54 Å². The summed E-state index contributed by atoms with van der Waals surface area (Å²) in [5.74, 6) is 1.35. The molecule has 1 aliphatic carbocycles. The van der Waals surface area contributed by atoms with Crippen LogP contribution in [0.1, 0.15) is 25.1 Å². The van der Waals surface area contributed by atoms with Gasteiger partial charge in [0.25, 0.3) is 0 Å². The molecule has 0 atom stereocenters. The number of nitrogens with zero attached hydrogens (tertiary/aromatic N) is 4. The van der Waals surface area contributed by atoms with E-state index < -0.39 is 0 Å². The third-order valence-electron chi connectivity index (χ3n) is 3.40. The van der Waals surface area contributed by atoms with E-state index in [0.717, 1.165) is 25.5 Å². The predicted molar refractivity (Wildman–Crippen MR) is 69.6 cm³/mol. The standard InChI is InChI=1S/C12H21N5O/c1-10-14-5-7-16(10)8-9-17(11-2-3-11)6-4-12(13)15-18/h5,7,11,18H,2-4,6,8-9H2,1H3,(H2,13,15). The largest absolute Gasteiger partial charge is 0.409 e. The van der Waals surface area contributed by atoms with Crippen molar-refractivity contribution < 1.29 is 5.21 Å². The summed E-state index contributed by atoms with van der Waals surface area (Å²) in [5.41, 5.74) is 5.51. The van der Waals surface area contributed by atoms with Gasteiger partial charge >= 0.3 is 0 Å². The second-order valence-electron chi connectivity index (χ2n) is 4.78. The number of oxime groups is 1. The van der Waals surface area contributed by atoms with Crippen molar-refractivity contribution in [2.45, 2.75) is 38.8 Å². The summed E-state index contributed by atoms with van der Waals surface area (Å²) in [5, 5.41) is 11.6. The van der Waals surface area contributed by atoms with Gasteiger partial charge in [-0.05, 0) is 19.8 Å². The summed E-state index contributed by atoms with van der Waals surface area (Å²) in [7, 11) is 0. The minimum absolute atomic E-state index is 0.305. The van der Waals surface area contributed by atoms with Gasteiger partial charge in [0.15, 0.2) is 0 Å². The second-order valence-corrected chi connectivity index (χ2v) is 4.78. The molecule has 0 amide bonds. The van der Waals surface area contributed by atoms with E-state index in [0.29, 0.717) is 18.3 Å². The highest BCUT2D eigenvalue weighted by atomic mass is 16.4. The molecule has 6 nitrogen and oxygen atoms in total. The molecule has 0 aliphatic heterocycles. The average molecular weight is 251 g/mol. The number of nitrogens with two attached hydrogens (primary N) is 1. The van der Waals surface area contributed by atoms with E-state index in [1.165, 1.54) is 12.8 Å². The van der Waals surface area contributed by atoms with Crippen molar-refractivity contribution in [3.63, 3.8) is 0 Å². The molecule has 1 aromatic rings. The fourth-order valence-electron chi connectivity index (χ4n) is 2.10. The summed E-state index contributed by atoms with van der Waals surface area (Å²) in [4.78, 5) is 6.63. The minimum Gasteiger partial charge on any atom is -0.409 e. The first-order valence-electron chi connectivity index (χ1n) is 6.39. The number of aryl methyl sites for hydroxylation is 1. The lowest BCUT2D eigenvalue weighted by atomic mass is 10.3. The van der Waals surface area contributed by atoms with Crippen molar-refractivity contribution in [1.29, 1.82) is 0 Å². The fourth-order valence-corrected chi connectivity index (χ4v) is 2.10. The number of imidazole rings is 1. The molecule has 18 heavy (non-hydrogen) atoms. The van der Waals surface area contributed by atoms with E-state index in [9.17, 15) is 0 Å². The lowest BCUT2D eigenvalue weighted by Gasteiger charge is -2.22. The quantitative estimate of drug-likeness (QED) is 0.325. The van der Waals surface area contributed by atoms with E-state index in [1.54, 1.807) is 0 Å². The molecular formula is C12H21N5O. The molecule has 0 bridgehead atoms. The Morgan fingerprint density at radius 2 is 2.39 bits per heavy atom. The highest BCUT2D eigenvalue weighted by Crippen LogP contribution is 2.26. The summed E-state index contributed by atoms with van der Waals surface area (Å²) < 4.78 is 2.15. The molecule has 1 heterocycles. The van der Waals surface area contributed by atoms with Crippen LogP contribution in [0, 0.1) is 6.92 Å². The first-order chi connectivity index (χ1) is 8.70. The topological polar surface area (TPSA) is 79.7 Å². The summed E-state index contributed by atoms with van der Waals surface area (Å²) >= 11 is 0. The monoisotopic (exact) mass is 251 g/mol. The highest BCUT2D eigenvalue weighted by Gasteiger charge is 2.28. The zero-order chi connectivity index (χ0) is 13.0. The number of amidine groups is 1. The third kappa shape index (κ3) is 3.46. The van der Waals surface area contributed by atoms with Crippen LogP contribution in [0.5, 0.6) is 0 Å². The van der Waals surface area contributed by atoms with E-state index in [-0.39, 0.29) is 0 Å². The van der Waals surface area contributed by atoms with Gasteiger partial charge in [-0.1, -0.05) is 5.16 Å². The Bertz CT molecular complexity index is 410. The smallest absolute Gasteiger partial charge is 0.140 e. The molecule has 1 fully saturated rings. The van der Waals surface area contributed by atoms with Crippen molar-refractivity contribution in [1.82, 2.24) is 14.5 Å². The Balaban J connectivity index is 1.81. The molecule has 0 radical (unpaired) electrons. The molecule has 3 N–H and O–H groups in total. The molecule has 1 aromatic heterocycles. The molecule has 0 saturated heterocycles. The Labute approximate surface area is 107 Å². The van der Waals surface area contributed by atoms with Gasteiger partial charge in [-0.15, -0.1) is 0 Å². The lowest BCUT2D eigenvalue weighted by molar-refractivity contribution is 0.256. The minimum atomic E-state index is 0.305. The Morgan fingerprint density at radius 3 is 2.94 bits per heavy atom. The van der Waals surface area contributed by atoms with Gasteiger partial charge in [-0.2, -0.15) is 0 Å². The van der Waals surface area contributed by atoms with Crippen LogP contribution in [-0.4, -0.2) is 44.6 Å². The molecule has 1 saturated carbocycles. The van der Waals surface area contributed by atoms with Crippen molar-refractivity contribution in [3.05, 3.63) is 18.2 Å². The second kappa shape index (κ2) is 5.86. The third-order valence-corrected chi connectivity index (χ3v) is 3.40. The summed E-state index contributed by atoms with van der Waals surface area (Å²) in [6.07, 6.45) is 6.98. The van der Waals surface area contributed by atoms with Crippen LogP contribution in [0.3, 0.4) is 0 Å². The van der Waals surface area contributed by atoms with Crippen LogP contribution in [0.15, 0.2) is 17.5 Å². The first-order valence-corrected chi connectivity index (χ1v) is 6.39. The first kappa shape index (κ1) is 12.9. The Hall–Kier alpha value is -1.56. The van der Waals surface area contributed by atoms with Crippen molar-refractivity contribution in [2.75, 3.05) is 13.1 Å². The molecule has 0 aromatic carbocycles.